The van der Waals surface area contributed by atoms with Gasteiger partial charge in [-0.1, -0.05) is 0 Å². The highest BCUT2D eigenvalue weighted by Crippen LogP contribution is 2.29. The first kappa shape index (κ1) is 14.8. The lowest BCUT2D eigenvalue weighted by atomic mass is 10.2. The van der Waals surface area contributed by atoms with Gasteiger partial charge >= 0.3 is 0 Å². The van der Waals surface area contributed by atoms with Gasteiger partial charge in [0.1, 0.15) is 10.6 Å². The molecule has 1 aliphatic heterocycles. The monoisotopic (exact) mass is 298 g/mol. The molecule has 20 heavy (non-hydrogen) atoms. The molecule has 1 aromatic carbocycles. The minimum absolute atomic E-state index is 0.0444. The molecule has 0 radical (unpaired) electrons. The summed E-state index contributed by atoms with van der Waals surface area (Å²) in [6, 6.07) is 4.42. The van der Waals surface area contributed by atoms with Crippen molar-refractivity contribution in [1.29, 1.82) is 0 Å². The number of nitrogens with zero attached hydrogens (tertiary/aromatic N) is 1. The lowest BCUT2D eigenvalue weighted by Crippen LogP contribution is -2.28. The molecule has 2 rings (SSSR count). The van der Waals surface area contributed by atoms with Crippen LogP contribution in [0.1, 0.15) is 23.2 Å². The summed E-state index contributed by atoms with van der Waals surface area (Å²) in [5.74, 6) is -0.0740. The van der Waals surface area contributed by atoms with Crippen molar-refractivity contribution in [2.24, 2.45) is 0 Å². The van der Waals surface area contributed by atoms with E-state index >= 15 is 0 Å². The molecule has 1 fully saturated rings. The molecule has 1 N–H and O–H groups in total. The first-order chi connectivity index (χ1) is 9.50. The van der Waals surface area contributed by atoms with Crippen LogP contribution in [0.5, 0.6) is 5.75 Å². The Hall–Kier alpha value is -1.60. The van der Waals surface area contributed by atoms with Crippen molar-refractivity contribution < 1.29 is 17.9 Å². The Labute approximate surface area is 118 Å². The van der Waals surface area contributed by atoms with Gasteiger partial charge in [-0.15, -0.1) is 0 Å². The van der Waals surface area contributed by atoms with Crippen LogP contribution in [0.2, 0.25) is 0 Å². The van der Waals surface area contributed by atoms with Gasteiger partial charge in [0, 0.05) is 25.7 Å². The zero-order chi connectivity index (χ0) is 14.8. The van der Waals surface area contributed by atoms with Crippen LogP contribution < -0.4 is 10.1 Å². The second-order valence-corrected chi connectivity index (χ2v) is 6.46. The molecule has 0 saturated carbocycles. The molecule has 1 amide bonds. The summed E-state index contributed by atoms with van der Waals surface area (Å²) in [6.07, 6.45) is 1.72. The average Bonchev–Trinajstić information content (AvgIpc) is 3.00. The van der Waals surface area contributed by atoms with E-state index in [1.54, 1.807) is 6.07 Å². The van der Waals surface area contributed by atoms with E-state index in [1.807, 2.05) is 0 Å². The molecule has 1 aliphatic rings. The molecule has 1 aromatic rings. The van der Waals surface area contributed by atoms with E-state index in [9.17, 15) is 13.2 Å². The van der Waals surface area contributed by atoms with Gasteiger partial charge in [0.05, 0.1) is 7.11 Å². The van der Waals surface area contributed by atoms with Gasteiger partial charge in [0.25, 0.3) is 5.91 Å². The molecule has 0 atom stereocenters. The molecule has 0 bridgehead atoms. The van der Waals surface area contributed by atoms with E-state index in [0.29, 0.717) is 18.7 Å². The Morgan fingerprint density at radius 3 is 2.50 bits per heavy atom. The van der Waals surface area contributed by atoms with Crippen molar-refractivity contribution in [3.63, 3.8) is 0 Å². The summed E-state index contributed by atoms with van der Waals surface area (Å²) < 4.78 is 31.7. The molecular weight excluding hydrogens is 280 g/mol. The third kappa shape index (κ3) is 2.64. The first-order valence-corrected chi connectivity index (χ1v) is 7.85. The number of carbonyl (C=O) groups excluding carboxylic acids is 1. The van der Waals surface area contributed by atoms with Gasteiger partial charge in [-0.25, -0.2) is 8.42 Å². The van der Waals surface area contributed by atoms with Crippen molar-refractivity contribution >= 4 is 15.9 Å². The van der Waals surface area contributed by atoms with Crippen LogP contribution in [0.3, 0.4) is 0 Å². The Balaban J connectivity index is 2.50. The Morgan fingerprint density at radius 1 is 1.30 bits per heavy atom. The number of hydrogen-bond acceptors (Lipinski definition) is 4. The molecule has 110 valence electrons. The molecule has 6 nitrogen and oxygen atoms in total. The maximum atomic E-state index is 12.6. The van der Waals surface area contributed by atoms with E-state index in [1.165, 1.54) is 30.6 Å². The summed E-state index contributed by atoms with van der Waals surface area (Å²) in [7, 11) is -0.702. The van der Waals surface area contributed by atoms with Crippen LogP contribution in [-0.4, -0.2) is 45.9 Å². The predicted octanol–water partition coefficient (Wildman–Crippen LogP) is 0.839. The maximum Gasteiger partial charge on any atom is 0.251 e. The topological polar surface area (TPSA) is 75.7 Å². The van der Waals surface area contributed by atoms with Crippen molar-refractivity contribution in [2.45, 2.75) is 17.7 Å². The minimum Gasteiger partial charge on any atom is -0.495 e. The van der Waals surface area contributed by atoms with Crippen molar-refractivity contribution in [1.82, 2.24) is 9.62 Å². The number of sulfonamides is 1. The highest BCUT2D eigenvalue weighted by atomic mass is 32.2. The number of amides is 1. The molecule has 0 aliphatic carbocycles. The third-order valence-electron chi connectivity index (χ3n) is 3.34. The largest absolute Gasteiger partial charge is 0.495 e. The van der Waals surface area contributed by atoms with Crippen LogP contribution in [0.15, 0.2) is 23.1 Å². The minimum atomic E-state index is -3.62. The molecule has 0 spiro atoms. The van der Waals surface area contributed by atoms with Gasteiger partial charge in [-0.2, -0.15) is 4.31 Å². The number of methoxy groups -OCH3 is 1. The van der Waals surface area contributed by atoms with Gasteiger partial charge in [-0.05, 0) is 31.0 Å². The second kappa shape index (κ2) is 5.80. The van der Waals surface area contributed by atoms with Crippen LogP contribution in [0.25, 0.3) is 0 Å². The fraction of sp³-hybridized carbons (Fsp3) is 0.462. The molecule has 1 heterocycles. The van der Waals surface area contributed by atoms with Crippen LogP contribution >= 0.6 is 0 Å². The van der Waals surface area contributed by atoms with Crippen molar-refractivity contribution in [2.75, 3.05) is 27.2 Å². The number of benzene rings is 1. The zero-order valence-electron chi connectivity index (χ0n) is 11.5. The lowest BCUT2D eigenvalue weighted by molar-refractivity contribution is 0.0963. The van der Waals surface area contributed by atoms with E-state index in [4.69, 9.17) is 4.74 Å². The van der Waals surface area contributed by atoms with Gasteiger partial charge in [0.15, 0.2) is 0 Å². The van der Waals surface area contributed by atoms with Crippen molar-refractivity contribution in [3.8, 4) is 5.75 Å². The fourth-order valence-corrected chi connectivity index (χ4v) is 3.93. The first-order valence-electron chi connectivity index (χ1n) is 6.41. The molecule has 0 unspecified atom stereocenters. The zero-order valence-corrected chi connectivity index (χ0v) is 12.4. The maximum absolute atomic E-state index is 12.6. The van der Waals surface area contributed by atoms with E-state index in [0.717, 1.165) is 12.8 Å². The normalized spacial score (nSPS) is 16.1. The van der Waals surface area contributed by atoms with Crippen LogP contribution in [-0.2, 0) is 10.0 Å². The van der Waals surface area contributed by atoms with Crippen molar-refractivity contribution in [3.05, 3.63) is 23.8 Å². The number of rotatable bonds is 4. The summed E-state index contributed by atoms with van der Waals surface area (Å²) >= 11 is 0. The quantitative estimate of drug-likeness (QED) is 0.893. The van der Waals surface area contributed by atoms with Gasteiger partial charge in [0.2, 0.25) is 10.0 Å². The summed E-state index contributed by atoms with van der Waals surface area (Å²) in [5, 5.41) is 2.48. The lowest BCUT2D eigenvalue weighted by Gasteiger charge is -2.18. The molecular formula is C13H18N2O4S. The van der Waals surface area contributed by atoms with E-state index in [-0.39, 0.29) is 16.6 Å². The SMILES string of the molecule is CNC(=O)c1ccc(OC)c(S(=O)(=O)N2CCCC2)c1. The molecule has 7 heteroatoms. The number of nitrogens with one attached hydrogen (secondary N) is 1. The van der Waals surface area contributed by atoms with Gasteiger partial charge < -0.3 is 10.1 Å². The predicted molar refractivity (Wildman–Crippen MR) is 74.4 cm³/mol. The van der Waals surface area contributed by atoms with Crippen LogP contribution in [0.4, 0.5) is 0 Å². The molecule has 0 aromatic heterocycles. The smallest absolute Gasteiger partial charge is 0.251 e. The Morgan fingerprint density at radius 2 is 1.95 bits per heavy atom. The van der Waals surface area contributed by atoms with Crippen LogP contribution in [0, 0.1) is 0 Å². The number of ether oxygens (including phenoxy) is 1. The van der Waals surface area contributed by atoms with E-state index in [2.05, 4.69) is 5.32 Å². The molecule has 1 saturated heterocycles. The Kier molecular flexibility index (Phi) is 4.29. The highest BCUT2D eigenvalue weighted by molar-refractivity contribution is 7.89. The number of hydrogen-bond donors (Lipinski definition) is 1. The summed E-state index contributed by atoms with van der Waals surface area (Å²) in [4.78, 5) is 11.7. The number of carbonyl (C=O) groups is 1. The second-order valence-electron chi connectivity index (χ2n) is 4.56. The average molecular weight is 298 g/mol. The standard InChI is InChI=1S/C13H18N2O4S/c1-14-13(16)10-5-6-11(19-2)12(9-10)20(17,18)15-7-3-4-8-15/h5-6,9H,3-4,7-8H2,1-2H3,(H,14,16). The fourth-order valence-electron chi connectivity index (χ4n) is 2.23. The third-order valence-corrected chi connectivity index (χ3v) is 5.26. The van der Waals surface area contributed by atoms with Gasteiger partial charge in [-0.3, -0.25) is 4.79 Å². The van der Waals surface area contributed by atoms with E-state index < -0.39 is 10.0 Å². The Bertz CT molecular complexity index is 607. The summed E-state index contributed by atoms with van der Waals surface area (Å²) in [5.41, 5.74) is 0.297. The highest BCUT2D eigenvalue weighted by Gasteiger charge is 2.30. The summed E-state index contributed by atoms with van der Waals surface area (Å²) in [6.45, 7) is 1.02.